The fourth-order valence-corrected chi connectivity index (χ4v) is 2.66. The average molecular weight is 272 g/mol. The molecule has 0 saturated heterocycles. The number of hydrogen-bond donors (Lipinski definition) is 1. The number of nitrogens with one attached hydrogen (secondary N) is 1. The largest absolute Gasteiger partial charge is 0.362 e. The number of nitrogens with zero attached hydrogens (tertiary/aromatic N) is 1. The topological polar surface area (TPSA) is 49.4 Å². The number of fused-ring (bicyclic) bond motifs is 1. The summed E-state index contributed by atoms with van der Waals surface area (Å²) in [6.07, 6.45) is 3.41. The monoisotopic (exact) mass is 272 g/mol. The molecule has 1 aliphatic carbocycles. The molecule has 0 spiro atoms. The fraction of sp³-hybridized carbons (Fsp3) is 0.500. The van der Waals surface area contributed by atoms with Gasteiger partial charge in [-0.3, -0.25) is 9.59 Å². The molecule has 0 unspecified atom stereocenters. The van der Waals surface area contributed by atoms with Crippen molar-refractivity contribution in [3.05, 3.63) is 29.3 Å². The molecule has 1 N–H and O–H groups in total. The van der Waals surface area contributed by atoms with Crippen molar-refractivity contribution in [2.24, 2.45) is 5.92 Å². The molecule has 0 atom stereocenters. The van der Waals surface area contributed by atoms with E-state index < -0.39 is 0 Å². The van der Waals surface area contributed by atoms with Gasteiger partial charge in [0.1, 0.15) is 0 Å². The van der Waals surface area contributed by atoms with Crippen LogP contribution in [0.3, 0.4) is 0 Å². The Kier molecular flexibility index (Phi) is 3.47. The molecule has 1 aromatic carbocycles. The molecule has 4 nitrogen and oxygen atoms in total. The summed E-state index contributed by atoms with van der Waals surface area (Å²) in [6, 6.07) is 5.77. The third kappa shape index (κ3) is 2.84. The highest BCUT2D eigenvalue weighted by molar-refractivity contribution is 5.95. The minimum Gasteiger partial charge on any atom is -0.362 e. The highest BCUT2D eigenvalue weighted by Gasteiger charge is 2.24. The number of amides is 1. The van der Waals surface area contributed by atoms with E-state index in [-0.39, 0.29) is 11.7 Å². The second-order valence-electron chi connectivity index (χ2n) is 5.82. The van der Waals surface area contributed by atoms with Crippen molar-refractivity contribution in [1.29, 1.82) is 0 Å². The van der Waals surface area contributed by atoms with Gasteiger partial charge in [0.2, 0.25) is 5.91 Å². The van der Waals surface area contributed by atoms with E-state index in [2.05, 4.69) is 10.2 Å². The number of Topliss-reactive ketones (excluding diaryl/α,β-unsaturated/α-hetero) is 1. The first kappa shape index (κ1) is 13.2. The quantitative estimate of drug-likeness (QED) is 0.831. The zero-order valence-electron chi connectivity index (χ0n) is 11.8. The maximum absolute atomic E-state index is 11.9. The van der Waals surface area contributed by atoms with Crippen LogP contribution in [-0.2, 0) is 11.2 Å². The molecular formula is C16H20N2O2. The van der Waals surface area contributed by atoms with Crippen molar-refractivity contribution < 1.29 is 9.59 Å². The Balaban J connectivity index is 1.63. The summed E-state index contributed by atoms with van der Waals surface area (Å²) < 4.78 is 0. The molecular weight excluding hydrogens is 252 g/mol. The van der Waals surface area contributed by atoms with Gasteiger partial charge in [0.15, 0.2) is 5.78 Å². The first-order valence-corrected chi connectivity index (χ1v) is 7.29. The van der Waals surface area contributed by atoms with Gasteiger partial charge in [-0.2, -0.15) is 0 Å². The van der Waals surface area contributed by atoms with Crippen LogP contribution in [0.2, 0.25) is 0 Å². The normalized spacial score (nSPS) is 16.9. The van der Waals surface area contributed by atoms with Gasteiger partial charge < -0.3 is 10.2 Å². The van der Waals surface area contributed by atoms with E-state index >= 15 is 0 Å². The molecule has 3 rings (SSSR count). The molecule has 1 fully saturated rings. The molecule has 0 radical (unpaired) electrons. The predicted molar refractivity (Wildman–Crippen MR) is 78.1 cm³/mol. The number of hydrogen-bond acceptors (Lipinski definition) is 3. The van der Waals surface area contributed by atoms with E-state index in [1.165, 1.54) is 18.4 Å². The second-order valence-corrected chi connectivity index (χ2v) is 5.82. The second kappa shape index (κ2) is 5.27. The van der Waals surface area contributed by atoms with Gasteiger partial charge in [0, 0.05) is 24.3 Å². The summed E-state index contributed by atoms with van der Waals surface area (Å²) in [5.74, 6) is 0.900. The first-order valence-electron chi connectivity index (χ1n) is 7.29. The fourth-order valence-electron chi connectivity index (χ4n) is 2.66. The number of benzene rings is 1. The van der Waals surface area contributed by atoms with Crippen LogP contribution in [0.4, 0.5) is 5.69 Å². The Morgan fingerprint density at radius 3 is 2.85 bits per heavy atom. The predicted octanol–water partition coefficient (Wildman–Crippen LogP) is 1.78. The average Bonchev–Trinajstić information content (AvgIpc) is 3.18. The Labute approximate surface area is 119 Å². The van der Waals surface area contributed by atoms with E-state index in [1.807, 2.05) is 18.2 Å². The number of anilines is 1. The Hall–Kier alpha value is -1.84. The zero-order valence-corrected chi connectivity index (χ0v) is 11.8. The van der Waals surface area contributed by atoms with Crippen LogP contribution in [-0.4, -0.2) is 31.3 Å². The lowest BCUT2D eigenvalue weighted by Gasteiger charge is -2.19. The molecule has 106 valence electrons. The summed E-state index contributed by atoms with van der Waals surface area (Å²) in [5, 5.41) is 3.00. The van der Waals surface area contributed by atoms with E-state index in [1.54, 1.807) is 6.92 Å². The maximum atomic E-state index is 11.9. The number of ketones is 1. The van der Waals surface area contributed by atoms with E-state index in [0.29, 0.717) is 12.5 Å². The first-order chi connectivity index (χ1) is 9.63. The number of rotatable bonds is 5. The standard InChI is InChI=1S/C16H20N2O2/c1-11(19)13-4-5-15-14(8-13)6-7-18(15)10-16(20)17-9-12-2-3-12/h4-5,8,12H,2-3,6-7,9-10H2,1H3,(H,17,20). The molecule has 1 aliphatic heterocycles. The summed E-state index contributed by atoms with van der Waals surface area (Å²) >= 11 is 0. The van der Waals surface area contributed by atoms with Gasteiger partial charge >= 0.3 is 0 Å². The minimum absolute atomic E-state index is 0.0911. The van der Waals surface area contributed by atoms with Crippen molar-refractivity contribution in [3.8, 4) is 0 Å². The molecule has 20 heavy (non-hydrogen) atoms. The summed E-state index contributed by atoms with van der Waals surface area (Å²) in [4.78, 5) is 25.4. The Bertz CT molecular complexity index is 549. The van der Waals surface area contributed by atoms with Crippen molar-refractivity contribution in [2.45, 2.75) is 26.2 Å². The van der Waals surface area contributed by atoms with E-state index in [9.17, 15) is 9.59 Å². The lowest BCUT2D eigenvalue weighted by atomic mass is 10.1. The van der Waals surface area contributed by atoms with Crippen LogP contribution in [0.1, 0.15) is 35.7 Å². The lowest BCUT2D eigenvalue weighted by molar-refractivity contribution is -0.119. The molecule has 2 aliphatic rings. The van der Waals surface area contributed by atoms with Gasteiger partial charge in [-0.25, -0.2) is 0 Å². The van der Waals surface area contributed by atoms with Crippen LogP contribution in [0, 0.1) is 5.92 Å². The summed E-state index contributed by atoms with van der Waals surface area (Å²) in [6.45, 7) is 3.68. The highest BCUT2D eigenvalue weighted by Crippen LogP contribution is 2.29. The molecule has 0 bridgehead atoms. The smallest absolute Gasteiger partial charge is 0.239 e. The Morgan fingerprint density at radius 2 is 2.15 bits per heavy atom. The van der Waals surface area contributed by atoms with Crippen molar-refractivity contribution in [2.75, 3.05) is 24.5 Å². The molecule has 1 saturated carbocycles. The van der Waals surface area contributed by atoms with Crippen molar-refractivity contribution >= 4 is 17.4 Å². The van der Waals surface area contributed by atoms with Gasteiger partial charge in [0.05, 0.1) is 6.54 Å². The molecule has 0 aromatic heterocycles. The molecule has 4 heteroatoms. The van der Waals surface area contributed by atoms with Gasteiger partial charge in [-0.05, 0) is 55.9 Å². The van der Waals surface area contributed by atoms with Gasteiger partial charge in [0.25, 0.3) is 0 Å². The maximum Gasteiger partial charge on any atom is 0.239 e. The van der Waals surface area contributed by atoms with E-state index in [4.69, 9.17) is 0 Å². The third-order valence-electron chi connectivity index (χ3n) is 4.10. The van der Waals surface area contributed by atoms with Crippen molar-refractivity contribution in [1.82, 2.24) is 5.32 Å². The van der Waals surface area contributed by atoms with Gasteiger partial charge in [-0.15, -0.1) is 0 Å². The highest BCUT2D eigenvalue weighted by atomic mass is 16.2. The lowest BCUT2D eigenvalue weighted by Crippen LogP contribution is -2.37. The molecule has 1 amide bonds. The summed E-state index contributed by atoms with van der Waals surface area (Å²) in [5.41, 5.74) is 3.02. The molecule has 1 aromatic rings. The number of carbonyl (C=O) groups excluding carboxylic acids is 2. The zero-order chi connectivity index (χ0) is 14.1. The van der Waals surface area contributed by atoms with E-state index in [0.717, 1.165) is 30.8 Å². The van der Waals surface area contributed by atoms with Crippen molar-refractivity contribution in [3.63, 3.8) is 0 Å². The van der Waals surface area contributed by atoms with Crippen LogP contribution in [0.5, 0.6) is 0 Å². The van der Waals surface area contributed by atoms with Gasteiger partial charge in [-0.1, -0.05) is 0 Å². The third-order valence-corrected chi connectivity index (χ3v) is 4.10. The van der Waals surface area contributed by atoms with Crippen LogP contribution in [0.15, 0.2) is 18.2 Å². The minimum atomic E-state index is 0.0911. The SMILES string of the molecule is CC(=O)c1ccc2c(c1)CCN2CC(=O)NCC1CC1. The van der Waals surface area contributed by atoms with Crippen LogP contribution >= 0.6 is 0 Å². The Morgan fingerprint density at radius 1 is 1.35 bits per heavy atom. The number of carbonyl (C=O) groups is 2. The summed E-state index contributed by atoms with van der Waals surface area (Å²) in [7, 11) is 0. The van der Waals surface area contributed by atoms with Crippen LogP contribution in [0.25, 0.3) is 0 Å². The molecule has 1 heterocycles. The van der Waals surface area contributed by atoms with Crippen LogP contribution < -0.4 is 10.2 Å².